The van der Waals surface area contributed by atoms with E-state index in [0.717, 1.165) is 5.56 Å². The summed E-state index contributed by atoms with van der Waals surface area (Å²) in [5, 5.41) is 0.438. The van der Waals surface area contributed by atoms with Gasteiger partial charge >= 0.3 is 225 Å². The minimum absolute atomic E-state index is 0.00634. The van der Waals surface area contributed by atoms with Crippen molar-refractivity contribution in [3.05, 3.63) is 121 Å². The predicted molar refractivity (Wildman–Crippen MR) is 162 cm³/mol. The molecule has 0 heterocycles. The Labute approximate surface area is 224 Å². The van der Waals surface area contributed by atoms with Gasteiger partial charge in [-0.25, -0.2) is 0 Å². The van der Waals surface area contributed by atoms with Crippen molar-refractivity contribution in [3.8, 4) is 5.75 Å². The van der Waals surface area contributed by atoms with Crippen LogP contribution in [0.15, 0.2) is 109 Å². The molecule has 1 nitrogen and oxygen atoms in total. The summed E-state index contributed by atoms with van der Waals surface area (Å²) in [6.07, 6.45) is 0.640. The molecule has 0 radical (unpaired) electrons. The van der Waals surface area contributed by atoms with Gasteiger partial charge in [0, 0.05) is 0 Å². The first-order chi connectivity index (χ1) is 17.0. The van der Waals surface area contributed by atoms with Gasteiger partial charge in [0.05, 0.1) is 0 Å². The number of halogens is 2. The monoisotopic (exact) mass is 580 g/mol. The van der Waals surface area contributed by atoms with E-state index in [1.165, 1.54) is 15.9 Å². The molecule has 0 aliphatic rings. The van der Waals surface area contributed by atoms with E-state index in [4.69, 9.17) is 4.43 Å². The number of hydrogen-bond donors (Lipinski definition) is 0. The fourth-order valence-electron chi connectivity index (χ4n) is 4.43. The first kappa shape index (κ1) is 26.8. The van der Waals surface area contributed by atoms with Crippen LogP contribution >= 0.6 is 20.8 Å². The average Bonchev–Trinajstić information content (AvgIpc) is 2.87. The van der Waals surface area contributed by atoms with Gasteiger partial charge in [-0.3, -0.25) is 0 Å². The van der Waals surface area contributed by atoms with Crippen molar-refractivity contribution in [3.63, 3.8) is 0 Å². The Morgan fingerprint density at radius 1 is 0.722 bits per heavy atom. The van der Waals surface area contributed by atoms with Crippen LogP contribution in [0.1, 0.15) is 26.3 Å². The molecular formula is C31H35BrFOPSi. The minimum atomic E-state index is -3.19. The van der Waals surface area contributed by atoms with Gasteiger partial charge in [0.25, 0.3) is 0 Å². The molecule has 0 saturated heterocycles. The molecule has 36 heavy (non-hydrogen) atoms. The van der Waals surface area contributed by atoms with Crippen LogP contribution in [0.4, 0.5) is 4.39 Å². The van der Waals surface area contributed by atoms with Gasteiger partial charge in [-0.15, -0.1) is 0 Å². The molecule has 0 saturated carbocycles. The van der Waals surface area contributed by atoms with Crippen molar-refractivity contribution in [2.45, 2.75) is 45.1 Å². The molecular weight excluding hydrogens is 546 g/mol. The molecule has 0 amide bonds. The van der Waals surface area contributed by atoms with Crippen LogP contribution in [0.3, 0.4) is 0 Å². The van der Waals surface area contributed by atoms with E-state index in [1.54, 1.807) is 6.07 Å². The van der Waals surface area contributed by atoms with Crippen molar-refractivity contribution in [1.29, 1.82) is 0 Å². The molecule has 0 bridgehead atoms. The van der Waals surface area contributed by atoms with Crippen molar-refractivity contribution in [1.82, 2.24) is 0 Å². The molecule has 0 atom stereocenters. The third-order valence-electron chi connectivity index (χ3n) is 7.53. The molecule has 0 fully saturated rings. The fourth-order valence-corrected chi connectivity index (χ4v) is 13.2. The Kier molecular flexibility index (Phi) is 7.36. The summed E-state index contributed by atoms with van der Waals surface area (Å²) in [7, 11) is -2.16. The summed E-state index contributed by atoms with van der Waals surface area (Å²) < 4.78 is 21.9. The second-order valence-corrected chi connectivity index (χ2v) is 24.6. The first-order valence-electron chi connectivity index (χ1n) is 12.3. The Balaban J connectivity index is 1.89. The van der Waals surface area contributed by atoms with Gasteiger partial charge in [0.1, 0.15) is 0 Å². The van der Waals surface area contributed by atoms with Crippen molar-refractivity contribution in [2.24, 2.45) is 0 Å². The van der Waals surface area contributed by atoms with Crippen LogP contribution < -0.4 is 20.3 Å². The first-order valence-corrected chi connectivity index (χ1v) is 19.7. The molecule has 4 aromatic carbocycles. The van der Waals surface area contributed by atoms with Crippen LogP contribution in [0.5, 0.6) is 5.75 Å². The van der Waals surface area contributed by atoms with E-state index in [1.807, 2.05) is 30.3 Å². The van der Waals surface area contributed by atoms with E-state index < -0.39 is 13.6 Å². The summed E-state index contributed by atoms with van der Waals surface area (Å²) in [6, 6.07) is 37.3. The quantitative estimate of drug-likeness (QED) is 0.157. The normalized spacial score (nSPS) is 13.6. The zero-order valence-corrected chi connectivity index (χ0v) is 25.2. The maximum absolute atomic E-state index is 15.6. The Morgan fingerprint density at radius 3 is 1.50 bits per heavy atom. The van der Waals surface area contributed by atoms with Gasteiger partial charge < -0.3 is 0 Å². The molecule has 4 aromatic rings. The second-order valence-electron chi connectivity index (χ2n) is 11.0. The molecule has 0 aliphatic heterocycles. The van der Waals surface area contributed by atoms with Crippen molar-refractivity contribution < 1.29 is 8.82 Å². The zero-order chi connectivity index (χ0) is 26.1. The Bertz CT molecular complexity index is 1220. The van der Waals surface area contributed by atoms with Gasteiger partial charge in [-0.05, 0) is 0 Å². The van der Waals surface area contributed by atoms with Crippen LogP contribution in [0, 0.1) is 5.82 Å². The standard InChI is InChI=1S/C31H35BrFOPSi/c1-31(2,3)36(4,5)34-30-22-21-25(23-29(30)33)24-35(32,26-15-9-6-10-16-26,27-17-11-7-12-18-27)28-19-13-8-14-20-28/h6-23H,24H2,1-5H3. The SMILES string of the molecule is CC(C)(C)[Si](C)(C)Oc1ccc(CP(Br)(c2ccccc2)(c2ccccc2)c2ccccc2)cc1F. The Morgan fingerprint density at radius 2 is 1.14 bits per heavy atom. The van der Waals surface area contributed by atoms with E-state index in [0.29, 0.717) is 11.9 Å². The molecule has 0 aromatic heterocycles. The van der Waals surface area contributed by atoms with Crippen LogP contribution in [-0.2, 0) is 6.16 Å². The molecule has 5 heteroatoms. The topological polar surface area (TPSA) is 9.23 Å². The average molecular weight is 582 g/mol. The summed E-state index contributed by atoms with van der Waals surface area (Å²) >= 11 is 4.46. The summed E-state index contributed by atoms with van der Waals surface area (Å²) in [4.78, 5) is 0. The van der Waals surface area contributed by atoms with Gasteiger partial charge in [0.15, 0.2) is 0 Å². The maximum atomic E-state index is 15.6. The zero-order valence-electron chi connectivity index (χ0n) is 21.7. The van der Waals surface area contributed by atoms with Crippen LogP contribution in [0.25, 0.3) is 0 Å². The summed E-state index contributed by atoms with van der Waals surface area (Å²) in [5.74, 6) is 0.0448. The summed E-state index contributed by atoms with van der Waals surface area (Å²) in [6.45, 7) is 10.8. The van der Waals surface area contributed by atoms with Crippen molar-refractivity contribution in [2.75, 3.05) is 0 Å². The molecule has 0 unspecified atom stereocenters. The van der Waals surface area contributed by atoms with E-state index >= 15 is 4.39 Å². The number of benzene rings is 4. The molecule has 188 valence electrons. The van der Waals surface area contributed by atoms with Gasteiger partial charge in [-0.2, -0.15) is 0 Å². The fraction of sp³-hybridized carbons (Fsp3) is 0.226. The molecule has 0 N–H and O–H groups in total. The van der Waals surface area contributed by atoms with E-state index in [-0.39, 0.29) is 10.9 Å². The number of hydrogen-bond acceptors (Lipinski definition) is 1. The summed E-state index contributed by atoms with van der Waals surface area (Å²) in [5.41, 5.74) is 0.932. The van der Waals surface area contributed by atoms with E-state index in [9.17, 15) is 0 Å². The second kappa shape index (κ2) is 9.89. The van der Waals surface area contributed by atoms with Gasteiger partial charge in [0.2, 0.25) is 0 Å². The molecule has 0 spiro atoms. The third-order valence-corrected chi connectivity index (χ3v) is 21.4. The molecule has 0 aliphatic carbocycles. The van der Waals surface area contributed by atoms with Crippen LogP contribution in [0.2, 0.25) is 18.1 Å². The molecule has 4 rings (SSSR count). The van der Waals surface area contributed by atoms with Crippen LogP contribution in [-0.4, -0.2) is 8.32 Å². The van der Waals surface area contributed by atoms with Crippen molar-refractivity contribution >= 4 is 45.0 Å². The third kappa shape index (κ3) is 4.84. The van der Waals surface area contributed by atoms with Gasteiger partial charge in [-0.1, -0.05) is 0 Å². The van der Waals surface area contributed by atoms with E-state index in [2.05, 4.69) is 122 Å². The Hall–Kier alpha value is -2.26. The number of rotatable bonds is 7. The predicted octanol–water partition coefficient (Wildman–Crippen LogP) is 8.55.